The number of hydrogen-bond acceptors (Lipinski definition) is 6. The lowest BCUT2D eigenvalue weighted by Crippen LogP contribution is -2.47. The minimum absolute atomic E-state index is 0.00626. The first kappa shape index (κ1) is 17.3. The summed E-state index contributed by atoms with van der Waals surface area (Å²) in [7, 11) is 0. The second-order valence-corrected chi connectivity index (χ2v) is 7.86. The van der Waals surface area contributed by atoms with Gasteiger partial charge >= 0.3 is 0 Å². The summed E-state index contributed by atoms with van der Waals surface area (Å²) in [5.74, 6) is 0.965. The van der Waals surface area contributed by atoms with Crippen molar-refractivity contribution >= 4 is 17.2 Å². The zero-order valence-electron chi connectivity index (χ0n) is 15.9. The quantitative estimate of drug-likeness (QED) is 0.699. The van der Waals surface area contributed by atoms with Crippen LogP contribution in [0.4, 0.5) is 11.5 Å². The van der Waals surface area contributed by atoms with Crippen molar-refractivity contribution in [3.63, 3.8) is 0 Å². The van der Waals surface area contributed by atoms with Crippen molar-refractivity contribution < 1.29 is 0 Å². The van der Waals surface area contributed by atoms with Crippen LogP contribution in [0.3, 0.4) is 0 Å². The molecule has 27 heavy (non-hydrogen) atoms. The first-order chi connectivity index (χ1) is 12.9. The molecule has 1 fully saturated rings. The van der Waals surface area contributed by atoms with E-state index in [1.54, 1.807) is 6.20 Å². The van der Waals surface area contributed by atoms with Crippen molar-refractivity contribution in [1.29, 1.82) is 5.26 Å². The molecule has 0 amide bonds. The summed E-state index contributed by atoms with van der Waals surface area (Å²) >= 11 is 0. The number of aromatic nitrogens is 4. The van der Waals surface area contributed by atoms with E-state index in [1.807, 2.05) is 35.0 Å². The van der Waals surface area contributed by atoms with Gasteiger partial charge in [-0.15, -0.1) is 5.10 Å². The fourth-order valence-corrected chi connectivity index (χ4v) is 3.27. The van der Waals surface area contributed by atoms with Gasteiger partial charge in [-0.25, -0.2) is 14.5 Å². The van der Waals surface area contributed by atoms with Crippen LogP contribution in [0.25, 0.3) is 5.65 Å². The Balaban J connectivity index is 1.50. The SMILES string of the molecule is CC(C)(C)c1cn2nc(N3CCN(c4ccnc(C#N)c4)CC3)ccc2n1. The second kappa shape index (κ2) is 6.54. The molecule has 0 radical (unpaired) electrons. The summed E-state index contributed by atoms with van der Waals surface area (Å²) < 4.78 is 1.88. The lowest BCUT2D eigenvalue weighted by molar-refractivity contribution is 0.572. The Hall–Kier alpha value is -3.14. The Morgan fingerprint density at radius 1 is 1.04 bits per heavy atom. The Morgan fingerprint density at radius 2 is 1.78 bits per heavy atom. The van der Waals surface area contributed by atoms with Gasteiger partial charge < -0.3 is 9.80 Å². The largest absolute Gasteiger partial charge is 0.368 e. The highest BCUT2D eigenvalue weighted by atomic mass is 15.4. The maximum atomic E-state index is 9.03. The normalized spacial score (nSPS) is 15.2. The summed E-state index contributed by atoms with van der Waals surface area (Å²) in [4.78, 5) is 13.3. The molecule has 0 atom stereocenters. The number of nitriles is 1. The van der Waals surface area contributed by atoms with E-state index < -0.39 is 0 Å². The number of rotatable bonds is 2. The van der Waals surface area contributed by atoms with Crippen LogP contribution in [0, 0.1) is 11.3 Å². The standard InChI is InChI=1S/C20H23N7/c1-20(2,3)17-14-27-18(23-17)4-5-19(24-27)26-10-8-25(9-11-26)16-6-7-22-15(12-16)13-21/h4-7,12,14H,8-11H2,1-3H3. The van der Waals surface area contributed by atoms with Crippen molar-refractivity contribution in [2.24, 2.45) is 0 Å². The molecule has 4 rings (SSSR count). The van der Waals surface area contributed by atoms with Crippen molar-refractivity contribution in [3.8, 4) is 6.07 Å². The summed E-state index contributed by atoms with van der Waals surface area (Å²) in [5, 5.41) is 13.8. The fourth-order valence-electron chi connectivity index (χ4n) is 3.27. The highest BCUT2D eigenvalue weighted by Gasteiger charge is 2.21. The monoisotopic (exact) mass is 361 g/mol. The predicted octanol–water partition coefficient (Wildman–Crippen LogP) is 2.62. The van der Waals surface area contributed by atoms with Gasteiger partial charge in [0.15, 0.2) is 5.65 Å². The average Bonchev–Trinajstić information content (AvgIpc) is 3.12. The van der Waals surface area contributed by atoms with Gasteiger partial charge in [-0.1, -0.05) is 20.8 Å². The van der Waals surface area contributed by atoms with Gasteiger partial charge in [0, 0.05) is 43.5 Å². The molecule has 0 unspecified atom stereocenters. The number of nitrogens with zero attached hydrogens (tertiary/aromatic N) is 7. The van der Waals surface area contributed by atoms with Crippen LogP contribution in [0.5, 0.6) is 0 Å². The van der Waals surface area contributed by atoms with Gasteiger partial charge in [-0.3, -0.25) is 0 Å². The van der Waals surface area contributed by atoms with Gasteiger partial charge in [-0.2, -0.15) is 5.26 Å². The smallest absolute Gasteiger partial charge is 0.153 e. The zero-order chi connectivity index (χ0) is 19.0. The molecule has 7 nitrogen and oxygen atoms in total. The van der Waals surface area contributed by atoms with E-state index in [4.69, 9.17) is 10.4 Å². The van der Waals surface area contributed by atoms with Crippen LogP contribution in [-0.4, -0.2) is 45.8 Å². The van der Waals surface area contributed by atoms with Gasteiger partial charge in [0.1, 0.15) is 17.6 Å². The van der Waals surface area contributed by atoms with E-state index in [2.05, 4.69) is 46.6 Å². The van der Waals surface area contributed by atoms with E-state index in [-0.39, 0.29) is 5.41 Å². The van der Waals surface area contributed by atoms with Gasteiger partial charge in [0.2, 0.25) is 0 Å². The van der Waals surface area contributed by atoms with Crippen LogP contribution in [0.1, 0.15) is 32.2 Å². The number of fused-ring (bicyclic) bond motifs is 1. The van der Waals surface area contributed by atoms with Crippen molar-refractivity contribution in [3.05, 3.63) is 48.0 Å². The Kier molecular flexibility index (Phi) is 4.19. The second-order valence-electron chi connectivity index (χ2n) is 7.86. The van der Waals surface area contributed by atoms with Gasteiger partial charge in [0.25, 0.3) is 0 Å². The van der Waals surface area contributed by atoms with E-state index >= 15 is 0 Å². The molecule has 1 aliphatic heterocycles. The van der Waals surface area contributed by atoms with Gasteiger partial charge in [-0.05, 0) is 24.3 Å². The maximum absolute atomic E-state index is 9.03. The average molecular weight is 361 g/mol. The van der Waals surface area contributed by atoms with Crippen LogP contribution in [-0.2, 0) is 5.41 Å². The molecule has 3 aromatic heterocycles. The summed E-state index contributed by atoms with van der Waals surface area (Å²) in [6.45, 7) is 9.99. The lowest BCUT2D eigenvalue weighted by atomic mass is 9.93. The molecule has 0 aliphatic carbocycles. The first-order valence-electron chi connectivity index (χ1n) is 9.17. The molecule has 0 bridgehead atoms. The third kappa shape index (κ3) is 3.43. The fraction of sp³-hybridized carbons (Fsp3) is 0.400. The molecule has 1 saturated heterocycles. The van der Waals surface area contributed by atoms with E-state index in [9.17, 15) is 0 Å². The van der Waals surface area contributed by atoms with E-state index in [0.29, 0.717) is 5.69 Å². The van der Waals surface area contributed by atoms with Crippen LogP contribution < -0.4 is 9.80 Å². The van der Waals surface area contributed by atoms with Crippen molar-refractivity contribution in [2.75, 3.05) is 36.0 Å². The molecule has 138 valence electrons. The summed E-state index contributed by atoms with van der Waals surface area (Å²) in [6.07, 6.45) is 3.72. The number of imidazole rings is 1. The Labute approximate surface area is 158 Å². The molecule has 7 heteroatoms. The van der Waals surface area contributed by atoms with E-state index in [0.717, 1.165) is 49.0 Å². The van der Waals surface area contributed by atoms with Crippen LogP contribution >= 0.6 is 0 Å². The number of anilines is 2. The number of pyridine rings is 1. The third-order valence-electron chi connectivity index (χ3n) is 4.90. The summed E-state index contributed by atoms with van der Waals surface area (Å²) in [5.41, 5.74) is 3.43. The van der Waals surface area contributed by atoms with Crippen LogP contribution in [0.2, 0.25) is 0 Å². The Morgan fingerprint density at radius 3 is 2.48 bits per heavy atom. The topological polar surface area (TPSA) is 73.3 Å². The minimum atomic E-state index is 0.00626. The van der Waals surface area contributed by atoms with E-state index in [1.165, 1.54) is 0 Å². The number of piperazine rings is 1. The first-order valence-corrected chi connectivity index (χ1v) is 9.17. The zero-order valence-corrected chi connectivity index (χ0v) is 15.9. The Bertz CT molecular complexity index is 1000. The van der Waals surface area contributed by atoms with Gasteiger partial charge in [0.05, 0.1) is 11.9 Å². The molecule has 4 heterocycles. The minimum Gasteiger partial charge on any atom is -0.368 e. The molecule has 0 spiro atoms. The molecular weight excluding hydrogens is 338 g/mol. The summed E-state index contributed by atoms with van der Waals surface area (Å²) in [6, 6.07) is 9.99. The lowest BCUT2D eigenvalue weighted by Gasteiger charge is -2.36. The number of hydrogen-bond donors (Lipinski definition) is 0. The molecule has 3 aromatic rings. The molecule has 0 N–H and O–H groups in total. The molecular formula is C20H23N7. The molecule has 1 aliphatic rings. The van der Waals surface area contributed by atoms with Crippen molar-refractivity contribution in [1.82, 2.24) is 19.6 Å². The highest BCUT2D eigenvalue weighted by Crippen LogP contribution is 2.23. The third-order valence-corrected chi connectivity index (χ3v) is 4.90. The predicted molar refractivity (Wildman–Crippen MR) is 105 cm³/mol. The molecule has 0 aromatic carbocycles. The van der Waals surface area contributed by atoms with Crippen LogP contribution in [0.15, 0.2) is 36.7 Å². The maximum Gasteiger partial charge on any atom is 0.153 e. The van der Waals surface area contributed by atoms with Crippen molar-refractivity contribution in [2.45, 2.75) is 26.2 Å². The molecule has 0 saturated carbocycles. The highest BCUT2D eigenvalue weighted by molar-refractivity contribution is 5.52.